The lowest BCUT2D eigenvalue weighted by Gasteiger charge is -2.47. The van der Waals surface area contributed by atoms with Gasteiger partial charge in [-0.3, -0.25) is 14.6 Å². The van der Waals surface area contributed by atoms with Crippen molar-refractivity contribution in [3.8, 4) is 0 Å². The van der Waals surface area contributed by atoms with E-state index >= 15 is 0 Å². The molecule has 2 aliphatic rings. The molecular weight excluding hydrogens is 308 g/mol. The molecule has 132 valence electrons. The summed E-state index contributed by atoms with van der Waals surface area (Å²) in [6.07, 6.45) is 0. The van der Waals surface area contributed by atoms with Crippen LogP contribution >= 0.6 is 0 Å². The molecule has 0 spiro atoms. The largest absolute Gasteiger partial charge is 0.299 e. The Morgan fingerprint density at radius 1 is 0.840 bits per heavy atom. The van der Waals surface area contributed by atoms with Crippen molar-refractivity contribution in [2.75, 3.05) is 26.2 Å². The van der Waals surface area contributed by atoms with E-state index in [1.165, 1.54) is 16.3 Å². The molecule has 2 bridgehead atoms. The van der Waals surface area contributed by atoms with Crippen LogP contribution in [0.2, 0.25) is 0 Å². The highest BCUT2D eigenvalue weighted by atomic mass is 16.1. The number of piperidine rings is 2. The van der Waals surface area contributed by atoms with Crippen LogP contribution in [0, 0.1) is 11.8 Å². The van der Waals surface area contributed by atoms with E-state index in [9.17, 15) is 4.79 Å². The first-order chi connectivity index (χ1) is 12.0. The SMILES string of the molecule is CC(C)N1C[C@@H]2CN([C@@H](C)c3cccc4ccccc34)C[C@H](C1)C2=O. The van der Waals surface area contributed by atoms with E-state index in [0.29, 0.717) is 17.9 Å². The summed E-state index contributed by atoms with van der Waals surface area (Å²) in [6, 6.07) is 16.1. The number of carbonyl (C=O) groups is 1. The molecular formula is C22H28N2O. The highest BCUT2D eigenvalue weighted by molar-refractivity contribution is 5.87. The summed E-state index contributed by atoms with van der Waals surface area (Å²) in [5.41, 5.74) is 1.38. The minimum absolute atomic E-state index is 0.173. The summed E-state index contributed by atoms with van der Waals surface area (Å²) >= 11 is 0. The van der Waals surface area contributed by atoms with Gasteiger partial charge in [0.1, 0.15) is 5.78 Å². The smallest absolute Gasteiger partial charge is 0.144 e. The van der Waals surface area contributed by atoms with Crippen LogP contribution in [-0.2, 0) is 4.79 Å². The van der Waals surface area contributed by atoms with E-state index in [0.717, 1.165) is 26.2 Å². The maximum atomic E-state index is 12.6. The van der Waals surface area contributed by atoms with Gasteiger partial charge in [-0.1, -0.05) is 42.5 Å². The Morgan fingerprint density at radius 3 is 2.12 bits per heavy atom. The molecule has 3 nitrogen and oxygen atoms in total. The van der Waals surface area contributed by atoms with Gasteiger partial charge in [0.2, 0.25) is 0 Å². The lowest BCUT2D eigenvalue weighted by Crippen LogP contribution is -2.59. The fourth-order valence-corrected chi connectivity index (χ4v) is 4.64. The van der Waals surface area contributed by atoms with Crippen LogP contribution in [0.1, 0.15) is 32.4 Å². The van der Waals surface area contributed by atoms with Gasteiger partial charge >= 0.3 is 0 Å². The molecule has 2 saturated heterocycles. The maximum absolute atomic E-state index is 12.6. The molecule has 25 heavy (non-hydrogen) atoms. The van der Waals surface area contributed by atoms with E-state index in [-0.39, 0.29) is 11.8 Å². The molecule has 0 aliphatic carbocycles. The number of Topliss-reactive ketones (excluding diaryl/α,β-unsaturated/α-hetero) is 1. The molecule has 2 aromatic rings. The highest BCUT2D eigenvalue weighted by Gasteiger charge is 2.42. The van der Waals surface area contributed by atoms with E-state index < -0.39 is 0 Å². The second kappa shape index (κ2) is 6.54. The highest BCUT2D eigenvalue weighted by Crippen LogP contribution is 2.34. The average molecular weight is 336 g/mol. The van der Waals surface area contributed by atoms with Crippen LogP contribution in [0.5, 0.6) is 0 Å². The van der Waals surface area contributed by atoms with Crippen molar-refractivity contribution in [1.29, 1.82) is 0 Å². The predicted molar refractivity (Wildman–Crippen MR) is 103 cm³/mol. The van der Waals surface area contributed by atoms with Gasteiger partial charge in [-0.15, -0.1) is 0 Å². The Labute approximate surface area is 150 Å². The molecule has 3 atom stereocenters. The normalized spacial score (nSPS) is 26.3. The molecule has 4 rings (SSSR count). The third-order valence-corrected chi connectivity index (χ3v) is 6.18. The van der Waals surface area contributed by atoms with Crippen molar-refractivity contribution in [3.63, 3.8) is 0 Å². The van der Waals surface area contributed by atoms with E-state index in [2.05, 4.69) is 73.0 Å². The number of nitrogens with zero attached hydrogens (tertiary/aromatic N) is 2. The third-order valence-electron chi connectivity index (χ3n) is 6.18. The van der Waals surface area contributed by atoms with E-state index in [1.54, 1.807) is 0 Å². The summed E-state index contributed by atoms with van der Waals surface area (Å²) in [4.78, 5) is 17.7. The van der Waals surface area contributed by atoms with Gasteiger partial charge in [0, 0.05) is 50.1 Å². The summed E-state index contributed by atoms with van der Waals surface area (Å²) in [5.74, 6) is 0.845. The first-order valence-electron chi connectivity index (χ1n) is 9.54. The van der Waals surface area contributed by atoms with Gasteiger partial charge in [0.05, 0.1) is 0 Å². The topological polar surface area (TPSA) is 23.6 Å². The van der Waals surface area contributed by atoms with Crippen LogP contribution in [-0.4, -0.2) is 47.8 Å². The number of hydrogen-bond acceptors (Lipinski definition) is 3. The minimum Gasteiger partial charge on any atom is -0.299 e. The Balaban J connectivity index is 1.60. The number of hydrogen-bond donors (Lipinski definition) is 0. The fourth-order valence-electron chi connectivity index (χ4n) is 4.64. The Bertz CT molecular complexity index is 761. The third kappa shape index (κ3) is 3.00. The zero-order chi connectivity index (χ0) is 17.6. The number of ketones is 1. The monoisotopic (exact) mass is 336 g/mol. The molecule has 0 aromatic heterocycles. The van der Waals surface area contributed by atoms with E-state index in [4.69, 9.17) is 0 Å². The predicted octanol–water partition coefficient (Wildman–Crippen LogP) is 3.74. The lowest BCUT2D eigenvalue weighted by molar-refractivity contribution is -0.139. The first-order valence-corrected chi connectivity index (χ1v) is 9.54. The van der Waals surface area contributed by atoms with Gasteiger partial charge < -0.3 is 0 Å². The number of carbonyl (C=O) groups excluding carboxylic acids is 1. The number of benzene rings is 2. The van der Waals surface area contributed by atoms with Gasteiger partial charge in [-0.2, -0.15) is 0 Å². The Kier molecular flexibility index (Phi) is 4.38. The summed E-state index contributed by atoms with van der Waals surface area (Å²) in [6.45, 7) is 10.4. The van der Waals surface area contributed by atoms with Crippen molar-refractivity contribution >= 4 is 16.6 Å². The van der Waals surface area contributed by atoms with Crippen LogP contribution < -0.4 is 0 Å². The molecule has 2 aromatic carbocycles. The van der Waals surface area contributed by atoms with Crippen LogP contribution in [0.15, 0.2) is 42.5 Å². The zero-order valence-corrected chi connectivity index (χ0v) is 15.5. The molecule has 2 aliphatic heterocycles. The van der Waals surface area contributed by atoms with Gasteiger partial charge in [-0.05, 0) is 37.1 Å². The van der Waals surface area contributed by atoms with Crippen LogP contribution in [0.4, 0.5) is 0 Å². The molecule has 0 N–H and O–H groups in total. The number of fused-ring (bicyclic) bond motifs is 3. The Hall–Kier alpha value is -1.71. The molecule has 0 saturated carbocycles. The quantitative estimate of drug-likeness (QED) is 0.853. The fraction of sp³-hybridized carbons (Fsp3) is 0.500. The molecule has 0 amide bonds. The molecule has 2 fully saturated rings. The zero-order valence-electron chi connectivity index (χ0n) is 15.5. The second-order valence-electron chi connectivity index (χ2n) is 8.04. The first kappa shape index (κ1) is 16.7. The van der Waals surface area contributed by atoms with Crippen molar-refractivity contribution in [2.45, 2.75) is 32.9 Å². The summed E-state index contributed by atoms with van der Waals surface area (Å²) in [7, 11) is 0. The van der Waals surface area contributed by atoms with E-state index in [1.807, 2.05) is 0 Å². The minimum atomic E-state index is 0.173. The molecule has 0 radical (unpaired) electrons. The summed E-state index contributed by atoms with van der Waals surface area (Å²) < 4.78 is 0. The van der Waals surface area contributed by atoms with Gasteiger partial charge in [0.25, 0.3) is 0 Å². The van der Waals surface area contributed by atoms with Gasteiger partial charge in [-0.25, -0.2) is 0 Å². The van der Waals surface area contributed by atoms with Gasteiger partial charge in [0.15, 0.2) is 0 Å². The van der Waals surface area contributed by atoms with Crippen molar-refractivity contribution in [2.24, 2.45) is 11.8 Å². The average Bonchev–Trinajstić information content (AvgIpc) is 2.60. The lowest BCUT2D eigenvalue weighted by atomic mass is 9.81. The van der Waals surface area contributed by atoms with Crippen molar-refractivity contribution < 1.29 is 4.79 Å². The van der Waals surface area contributed by atoms with Crippen LogP contribution in [0.25, 0.3) is 10.8 Å². The number of likely N-dealkylation sites (tertiary alicyclic amines) is 2. The molecule has 2 heterocycles. The molecule has 3 heteroatoms. The number of rotatable bonds is 3. The van der Waals surface area contributed by atoms with Crippen molar-refractivity contribution in [1.82, 2.24) is 9.80 Å². The Morgan fingerprint density at radius 2 is 1.44 bits per heavy atom. The molecule has 0 unspecified atom stereocenters. The summed E-state index contributed by atoms with van der Waals surface area (Å²) in [5, 5.41) is 2.63. The second-order valence-corrected chi connectivity index (χ2v) is 8.04. The van der Waals surface area contributed by atoms with Crippen molar-refractivity contribution in [3.05, 3.63) is 48.0 Å². The van der Waals surface area contributed by atoms with Crippen LogP contribution in [0.3, 0.4) is 0 Å². The standard InChI is InChI=1S/C22H28N2O/c1-15(2)23-11-18-13-24(14-19(12-23)22(18)25)16(3)20-10-6-8-17-7-4-5-9-21(17)20/h4-10,15-16,18-19H,11-14H2,1-3H3/t16-,18-,19+/m0/s1. The maximum Gasteiger partial charge on any atom is 0.144 e.